The third kappa shape index (κ3) is 19.3. The smallest absolute Gasteiger partial charge is 0.306 e. The van der Waals surface area contributed by atoms with Crippen LogP contribution in [0.1, 0.15) is 104 Å². The number of hydrogen-bond acceptors (Lipinski definition) is 15. The highest BCUT2D eigenvalue weighted by molar-refractivity contribution is 5.70. The fourth-order valence-electron chi connectivity index (χ4n) is 5.99. The highest BCUT2D eigenvalue weighted by Crippen LogP contribution is 2.26. The Morgan fingerprint density at radius 3 is 1.77 bits per heavy atom. The molecule has 2 fully saturated rings. The topological polar surface area (TPSA) is 231 Å². The minimum Gasteiger partial charge on any atom is -0.462 e. The molecule has 0 aromatic carbocycles. The van der Waals surface area contributed by atoms with Crippen LogP contribution in [0.2, 0.25) is 0 Å². The number of aliphatic hydroxyl groups is 7. The molecule has 322 valence electrons. The van der Waals surface area contributed by atoms with Crippen molar-refractivity contribution in [1.82, 2.24) is 0 Å². The van der Waals surface area contributed by atoms with Gasteiger partial charge in [0.25, 0.3) is 0 Å². The third-order valence-corrected chi connectivity index (χ3v) is 9.42. The van der Waals surface area contributed by atoms with Gasteiger partial charge in [0.2, 0.25) is 0 Å². The van der Waals surface area contributed by atoms with Crippen LogP contribution < -0.4 is 0 Å². The van der Waals surface area contributed by atoms with Crippen LogP contribution >= 0.6 is 0 Å². The molecule has 15 heteroatoms. The summed E-state index contributed by atoms with van der Waals surface area (Å²) in [6.45, 7) is 2.29. The molecule has 2 saturated heterocycles. The normalized spacial score (nSPS) is 29.2. The lowest BCUT2D eigenvalue weighted by Crippen LogP contribution is -2.61. The number of esters is 2. The van der Waals surface area contributed by atoms with Crippen LogP contribution in [0.5, 0.6) is 0 Å². The van der Waals surface area contributed by atoms with Gasteiger partial charge in [0, 0.05) is 12.8 Å². The van der Waals surface area contributed by atoms with E-state index < -0.39 is 99.3 Å². The van der Waals surface area contributed by atoms with Gasteiger partial charge in [0.05, 0.1) is 19.8 Å². The fourth-order valence-corrected chi connectivity index (χ4v) is 5.99. The number of ether oxygens (including phenoxy) is 6. The first kappa shape index (κ1) is 49.6. The number of rotatable bonds is 28. The summed E-state index contributed by atoms with van der Waals surface area (Å²) in [4.78, 5) is 25.4. The van der Waals surface area contributed by atoms with Crippen LogP contribution in [0.4, 0.5) is 0 Å². The van der Waals surface area contributed by atoms with E-state index in [-0.39, 0.29) is 19.4 Å². The standard InChI is InChI=1S/C41H68O15/c1-3-5-7-9-11-12-13-14-15-16-18-20-22-24-33(44)54-29(26-51-32(43)23-21-19-17-10-8-6-4-2)27-52-40-39(50)37(48)35(46)31(56-40)28-53-41-38(49)36(47)34(45)30(25-42)55-41/h5,7,9,11-15,29-31,34-42,45-50H,3-4,6,8,10,16-28H2,1-2H3/b7-5+,11-9+,13-12+,15-14+/t29?,30-,31-,34+,35+,36?,37?,38?,39?,40-,41-/m1/s1. The van der Waals surface area contributed by atoms with Crippen molar-refractivity contribution in [2.24, 2.45) is 0 Å². The molecule has 0 aromatic rings. The molecule has 11 atom stereocenters. The van der Waals surface area contributed by atoms with Gasteiger partial charge in [-0.05, 0) is 32.1 Å². The Morgan fingerprint density at radius 2 is 1.12 bits per heavy atom. The Hall–Kier alpha value is -2.54. The van der Waals surface area contributed by atoms with E-state index in [1.807, 2.05) is 36.5 Å². The van der Waals surface area contributed by atoms with E-state index in [9.17, 15) is 45.3 Å². The monoisotopic (exact) mass is 800 g/mol. The van der Waals surface area contributed by atoms with Crippen molar-refractivity contribution < 1.29 is 73.8 Å². The number of carbonyl (C=O) groups is 2. The first-order chi connectivity index (χ1) is 27.0. The Kier molecular flexibility index (Phi) is 26.3. The largest absolute Gasteiger partial charge is 0.462 e. The van der Waals surface area contributed by atoms with Crippen molar-refractivity contribution in [3.05, 3.63) is 48.6 Å². The summed E-state index contributed by atoms with van der Waals surface area (Å²) < 4.78 is 33.2. The van der Waals surface area contributed by atoms with Gasteiger partial charge < -0.3 is 64.2 Å². The lowest BCUT2D eigenvalue weighted by molar-refractivity contribution is -0.332. The van der Waals surface area contributed by atoms with Crippen LogP contribution in [0, 0.1) is 0 Å². The maximum Gasteiger partial charge on any atom is 0.306 e. The van der Waals surface area contributed by atoms with E-state index in [0.717, 1.165) is 51.4 Å². The molecular weight excluding hydrogens is 732 g/mol. The number of carbonyl (C=O) groups excluding carboxylic acids is 2. The van der Waals surface area contributed by atoms with Crippen LogP contribution in [0.25, 0.3) is 0 Å². The molecule has 0 radical (unpaired) electrons. The van der Waals surface area contributed by atoms with E-state index in [1.165, 1.54) is 12.8 Å². The van der Waals surface area contributed by atoms with E-state index in [0.29, 0.717) is 12.8 Å². The first-order valence-corrected chi connectivity index (χ1v) is 20.3. The maximum absolute atomic E-state index is 12.8. The minimum absolute atomic E-state index is 0.118. The van der Waals surface area contributed by atoms with E-state index in [2.05, 4.69) is 26.0 Å². The number of hydrogen-bond donors (Lipinski definition) is 7. The second kappa shape index (κ2) is 29.6. The van der Waals surface area contributed by atoms with Crippen LogP contribution in [-0.4, -0.2) is 142 Å². The molecule has 2 rings (SSSR count). The maximum atomic E-state index is 12.8. The predicted molar refractivity (Wildman–Crippen MR) is 206 cm³/mol. The fraction of sp³-hybridized carbons (Fsp3) is 0.756. The summed E-state index contributed by atoms with van der Waals surface area (Å²) >= 11 is 0. The molecule has 0 bridgehead atoms. The molecule has 0 aromatic heterocycles. The molecule has 0 spiro atoms. The molecule has 0 aliphatic carbocycles. The summed E-state index contributed by atoms with van der Waals surface area (Å²) in [5.41, 5.74) is 0. The Labute approximate surface area is 331 Å². The summed E-state index contributed by atoms with van der Waals surface area (Å²) in [7, 11) is 0. The second-order valence-electron chi connectivity index (χ2n) is 14.2. The van der Waals surface area contributed by atoms with Crippen molar-refractivity contribution >= 4 is 11.9 Å². The molecule has 0 saturated carbocycles. The lowest BCUT2D eigenvalue weighted by atomic mass is 9.98. The van der Waals surface area contributed by atoms with Gasteiger partial charge >= 0.3 is 11.9 Å². The molecule has 15 nitrogen and oxygen atoms in total. The van der Waals surface area contributed by atoms with Gasteiger partial charge in [-0.2, -0.15) is 0 Å². The average molecular weight is 801 g/mol. The Balaban J connectivity index is 1.92. The summed E-state index contributed by atoms with van der Waals surface area (Å²) in [5.74, 6) is -0.986. The SMILES string of the molecule is CC/C=C/C=C/C=C/C=C/CCCCCC(=O)OC(COC(=O)CCCCCCCCC)CO[C@@H]1O[C@H](CO[C@@H]2O[C@H](CO)[C@H](O)C(O)C2O)[C@H](O)C(O)C1O. The van der Waals surface area contributed by atoms with Gasteiger partial charge in [0.15, 0.2) is 18.7 Å². The lowest BCUT2D eigenvalue weighted by Gasteiger charge is -2.42. The molecule has 2 aliphatic heterocycles. The highest BCUT2D eigenvalue weighted by atomic mass is 16.7. The molecule has 2 heterocycles. The van der Waals surface area contributed by atoms with Gasteiger partial charge in [-0.3, -0.25) is 9.59 Å². The zero-order valence-corrected chi connectivity index (χ0v) is 33.1. The van der Waals surface area contributed by atoms with Crippen LogP contribution in [0.3, 0.4) is 0 Å². The second-order valence-corrected chi connectivity index (χ2v) is 14.2. The number of unbranched alkanes of at least 4 members (excludes halogenated alkanes) is 9. The van der Waals surface area contributed by atoms with Crippen LogP contribution in [0.15, 0.2) is 48.6 Å². The average Bonchev–Trinajstić information content (AvgIpc) is 3.19. The highest BCUT2D eigenvalue weighted by Gasteiger charge is 2.47. The number of allylic oxidation sites excluding steroid dienone is 8. The van der Waals surface area contributed by atoms with Crippen molar-refractivity contribution in [1.29, 1.82) is 0 Å². The Bertz CT molecular complexity index is 1170. The summed E-state index contributed by atoms with van der Waals surface area (Å²) in [6, 6.07) is 0. The third-order valence-electron chi connectivity index (χ3n) is 9.42. The number of aliphatic hydroxyl groups excluding tert-OH is 7. The van der Waals surface area contributed by atoms with Crippen molar-refractivity contribution in [2.45, 2.75) is 171 Å². The van der Waals surface area contributed by atoms with E-state index in [1.54, 1.807) is 0 Å². The predicted octanol–water partition coefficient (Wildman–Crippen LogP) is 2.81. The van der Waals surface area contributed by atoms with Gasteiger partial charge in [-0.1, -0.05) is 107 Å². The molecule has 5 unspecified atom stereocenters. The van der Waals surface area contributed by atoms with E-state index in [4.69, 9.17) is 28.4 Å². The minimum atomic E-state index is -1.77. The summed E-state index contributed by atoms with van der Waals surface area (Å²) in [6.07, 6.45) is 10.6. The van der Waals surface area contributed by atoms with Gasteiger partial charge in [-0.15, -0.1) is 0 Å². The first-order valence-electron chi connectivity index (χ1n) is 20.3. The molecular formula is C41H68O15. The van der Waals surface area contributed by atoms with Crippen molar-refractivity contribution in [2.75, 3.05) is 26.4 Å². The summed E-state index contributed by atoms with van der Waals surface area (Å²) in [5, 5.41) is 71.6. The van der Waals surface area contributed by atoms with Crippen LogP contribution in [-0.2, 0) is 38.0 Å². The van der Waals surface area contributed by atoms with Gasteiger partial charge in [0.1, 0.15) is 55.4 Å². The molecule has 2 aliphatic rings. The van der Waals surface area contributed by atoms with Crippen molar-refractivity contribution in [3.63, 3.8) is 0 Å². The zero-order chi connectivity index (χ0) is 41.1. The van der Waals surface area contributed by atoms with Crippen molar-refractivity contribution in [3.8, 4) is 0 Å². The van der Waals surface area contributed by atoms with E-state index >= 15 is 0 Å². The Morgan fingerprint density at radius 1 is 0.589 bits per heavy atom. The zero-order valence-electron chi connectivity index (χ0n) is 33.1. The molecule has 56 heavy (non-hydrogen) atoms. The molecule has 0 amide bonds. The van der Waals surface area contributed by atoms with Gasteiger partial charge in [-0.25, -0.2) is 0 Å². The quantitative estimate of drug-likeness (QED) is 0.0343. The molecule has 7 N–H and O–H groups in total.